The van der Waals surface area contributed by atoms with E-state index in [1.54, 1.807) is 35.2 Å². The number of nitrogens with zero attached hydrogens (tertiary/aromatic N) is 2. The number of fused-ring (bicyclic) bond motifs is 1. The van der Waals surface area contributed by atoms with Gasteiger partial charge in [0.1, 0.15) is 0 Å². The molecule has 2 aliphatic rings. The fourth-order valence-electron chi connectivity index (χ4n) is 3.54. The molecule has 1 saturated heterocycles. The minimum atomic E-state index is -0.283. The van der Waals surface area contributed by atoms with Crippen molar-refractivity contribution in [3.63, 3.8) is 0 Å². The van der Waals surface area contributed by atoms with Crippen LogP contribution < -0.4 is 25.8 Å². The van der Waals surface area contributed by atoms with Gasteiger partial charge in [-0.1, -0.05) is 6.07 Å². The van der Waals surface area contributed by atoms with Gasteiger partial charge < -0.3 is 20.9 Å². The van der Waals surface area contributed by atoms with Crippen molar-refractivity contribution in [1.82, 2.24) is 5.32 Å². The van der Waals surface area contributed by atoms with Crippen LogP contribution in [0.1, 0.15) is 23.2 Å². The van der Waals surface area contributed by atoms with Crippen LogP contribution in [0.3, 0.4) is 0 Å². The Hall–Kier alpha value is -3.55. The number of hydrogen-bond acceptors (Lipinski definition) is 4. The van der Waals surface area contributed by atoms with E-state index in [0.717, 1.165) is 17.8 Å². The van der Waals surface area contributed by atoms with Gasteiger partial charge in [-0.2, -0.15) is 0 Å². The van der Waals surface area contributed by atoms with E-state index in [1.165, 1.54) is 0 Å². The van der Waals surface area contributed by atoms with Crippen molar-refractivity contribution < 1.29 is 14.4 Å². The van der Waals surface area contributed by atoms with Gasteiger partial charge in [0.05, 0.1) is 11.4 Å². The second kappa shape index (κ2) is 7.83. The topological polar surface area (TPSA) is 93.8 Å². The highest BCUT2D eigenvalue weighted by Gasteiger charge is 2.20. The summed E-state index contributed by atoms with van der Waals surface area (Å²) < 4.78 is 0. The monoisotopic (exact) mass is 393 g/mol. The molecule has 0 aliphatic carbocycles. The van der Waals surface area contributed by atoms with Crippen LogP contribution in [0.5, 0.6) is 0 Å². The fraction of sp³-hybridized carbons (Fsp3) is 0.286. The van der Waals surface area contributed by atoms with Crippen molar-refractivity contribution >= 4 is 40.6 Å². The van der Waals surface area contributed by atoms with Gasteiger partial charge in [-0.15, -0.1) is 0 Å². The van der Waals surface area contributed by atoms with Crippen LogP contribution in [0.25, 0.3) is 0 Å². The number of carbonyl (C=O) groups excluding carboxylic acids is 3. The summed E-state index contributed by atoms with van der Waals surface area (Å²) in [6, 6.07) is 12.3. The average molecular weight is 393 g/mol. The first-order valence-electron chi connectivity index (χ1n) is 9.63. The summed E-state index contributed by atoms with van der Waals surface area (Å²) in [5.41, 5.74) is 3.28. The molecule has 3 N–H and O–H groups in total. The third-order valence-electron chi connectivity index (χ3n) is 5.11. The van der Waals surface area contributed by atoms with E-state index < -0.39 is 0 Å². The highest BCUT2D eigenvalue weighted by atomic mass is 16.2. The van der Waals surface area contributed by atoms with Gasteiger partial charge in [-0.3, -0.25) is 14.5 Å². The summed E-state index contributed by atoms with van der Waals surface area (Å²) in [7, 11) is 1.92. The van der Waals surface area contributed by atoms with E-state index in [1.807, 2.05) is 24.1 Å². The summed E-state index contributed by atoms with van der Waals surface area (Å²) in [4.78, 5) is 40.4. The Morgan fingerprint density at radius 2 is 1.97 bits per heavy atom. The first kappa shape index (κ1) is 18.8. The molecule has 2 aromatic carbocycles. The maximum absolute atomic E-state index is 12.8. The van der Waals surface area contributed by atoms with E-state index in [9.17, 15) is 14.4 Å². The van der Waals surface area contributed by atoms with Crippen molar-refractivity contribution in [1.29, 1.82) is 0 Å². The Kier molecular flexibility index (Phi) is 5.07. The number of amides is 4. The van der Waals surface area contributed by atoms with Gasteiger partial charge in [0.25, 0.3) is 5.91 Å². The van der Waals surface area contributed by atoms with Gasteiger partial charge in [0, 0.05) is 50.0 Å². The summed E-state index contributed by atoms with van der Waals surface area (Å²) in [6.07, 6.45) is 1.28. The van der Waals surface area contributed by atoms with Gasteiger partial charge in [-0.05, 0) is 42.8 Å². The molecule has 8 nitrogen and oxygen atoms in total. The fourth-order valence-corrected chi connectivity index (χ4v) is 3.54. The summed E-state index contributed by atoms with van der Waals surface area (Å²) >= 11 is 0. The molecule has 0 spiro atoms. The summed E-state index contributed by atoms with van der Waals surface area (Å²) in [6.45, 7) is 1.94. The highest BCUT2D eigenvalue weighted by Crippen LogP contribution is 2.29. The number of rotatable bonds is 3. The van der Waals surface area contributed by atoms with Crippen LogP contribution in [-0.4, -0.2) is 44.5 Å². The lowest BCUT2D eigenvalue weighted by atomic mass is 10.1. The quantitative estimate of drug-likeness (QED) is 0.747. The van der Waals surface area contributed by atoms with E-state index in [2.05, 4.69) is 16.0 Å². The van der Waals surface area contributed by atoms with E-state index >= 15 is 0 Å². The van der Waals surface area contributed by atoms with Crippen molar-refractivity contribution in [3.05, 3.63) is 48.0 Å². The van der Waals surface area contributed by atoms with E-state index in [0.29, 0.717) is 43.0 Å². The maximum Gasteiger partial charge on any atom is 0.321 e. The minimum absolute atomic E-state index is 0.0688. The zero-order chi connectivity index (χ0) is 20.4. The zero-order valence-corrected chi connectivity index (χ0v) is 16.2. The number of urea groups is 1. The van der Waals surface area contributed by atoms with Gasteiger partial charge in [-0.25, -0.2) is 4.79 Å². The van der Waals surface area contributed by atoms with Crippen LogP contribution in [0.4, 0.5) is 27.5 Å². The second-order valence-corrected chi connectivity index (χ2v) is 7.19. The molecular formula is C21H23N5O3. The number of anilines is 4. The molecule has 0 saturated carbocycles. The van der Waals surface area contributed by atoms with Gasteiger partial charge in [0.2, 0.25) is 5.91 Å². The molecule has 150 valence electrons. The zero-order valence-electron chi connectivity index (χ0n) is 16.2. The molecule has 4 amide bonds. The molecule has 0 unspecified atom stereocenters. The number of benzene rings is 2. The summed E-state index contributed by atoms with van der Waals surface area (Å²) in [5, 5.41) is 8.55. The second-order valence-electron chi connectivity index (χ2n) is 7.19. The molecule has 29 heavy (non-hydrogen) atoms. The van der Waals surface area contributed by atoms with Crippen LogP contribution in [0.15, 0.2) is 42.5 Å². The third kappa shape index (κ3) is 4.01. The Morgan fingerprint density at radius 1 is 1.10 bits per heavy atom. The SMILES string of the molecule is CN1CCC(=O)Nc2cc(C(=O)Nc3cccc(N4CCCNC4=O)c3)ccc21. The van der Waals surface area contributed by atoms with E-state index in [4.69, 9.17) is 0 Å². The molecule has 4 rings (SSSR count). The predicted molar refractivity (Wildman–Crippen MR) is 113 cm³/mol. The molecular weight excluding hydrogens is 370 g/mol. The predicted octanol–water partition coefficient (Wildman–Crippen LogP) is 2.64. The van der Waals surface area contributed by atoms with Crippen LogP contribution in [0.2, 0.25) is 0 Å². The van der Waals surface area contributed by atoms with Crippen molar-refractivity contribution in [2.45, 2.75) is 12.8 Å². The molecule has 0 radical (unpaired) electrons. The number of hydrogen-bond donors (Lipinski definition) is 3. The first-order chi connectivity index (χ1) is 14.0. The average Bonchev–Trinajstić information content (AvgIpc) is 2.86. The molecule has 0 atom stereocenters. The number of nitrogens with one attached hydrogen (secondary N) is 3. The lowest BCUT2D eigenvalue weighted by molar-refractivity contribution is -0.115. The molecule has 0 bridgehead atoms. The molecule has 2 heterocycles. The smallest absolute Gasteiger partial charge is 0.321 e. The van der Waals surface area contributed by atoms with Crippen LogP contribution >= 0.6 is 0 Å². The molecule has 1 fully saturated rings. The Morgan fingerprint density at radius 3 is 2.79 bits per heavy atom. The molecule has 0 aromatic heterocycles. The Labute approximate surface area is 168 Å². The van der Waals surface area contributed by atoms with Crippen molar-refractivity contribution in [3.8, 4) is 0 Å². The van der Waals surface area contributed by atoms with Crippen LogP contribution in [0, 0.1) is 0 Å². The largest absolute Gasteiger partial charge is 0.372 e. The maximum atomic E-state index is 12.8. The Balaban J connectivity index is 1.53. The van der Waals surface area contributed by atoms with E-state index in [-0.39, 0.29) is 17.8 Å². The normalized spacial score (nSPS) is 16.4. The molecule has 2 aliphatic heterocycles. The number of carbonyl (C=O) groups is 3. The first-order valence-corrected chi connectivity index (χ1v) is 9.63. The van der Waals surface area contributed by atoms with Crippen molar-refractivity contribution in [2.24, 2.45) is 0 Å². The lowest BCUT2D eigenvalue weighted by Crippen LogP contribution is -2.46. The van der Waals surface area contributed by atoms with Gasteiger partial charge >= 0.3 is 6.03 Å². The standard InChI is InChI=1S/C21H23N5O3/c1-25-11-8-19(27)24-17-12-14(6-7-18(17)25)20(28)23-15-4-2-5-16(13-15)26-10-3-9-22-21(26)29/h2,4-7,12-13H,3,8-11H2,1H3,(H,22,29)(H,23,28)(H,24,27). The highest BCUT2D eigenvalue weighted by molar-refractivity contribution is 6.07. The third-order valence-corrected chi connectivity index (χ3v) is 5.11. The Bertz CT molecular complexity index is 975. The lowest BCUT2D eigenvalue weighted by Gasteiger charge is -2.27. The van der Waals surface area contributed by atoms with Gasteiger partial charge in [0.15, 0.2) is 0 Å². The van der Waals surface area contributed by atoms with Crippen LogP contribution in [-0.2, 0) is 4.79 Å². The molecule has 2 aromatic rings. The minimum Gasteiger partial charge on any atom is -0.372 e. The molecule has 8 heteroatoms. The van der Waals surface area contributed by atoms with Crippen molar-refractivity contribution in [2.75, 3.05) is 47.1 Å². The summed E-state index contributed by atoms with van der Waals surface area (Å²) in [5.74, 6) is -0.352.